The summed E-state index contributed by atoms with van der Waals surface area (Å²) in [5.41, 5.74) is 2.84. The maximum Gasteiger partial charge on any atom is 0.331 e. The number of carboxylic acids is 1. The number of aliphatic carboxylic acids is 1. The molecule has 0 aromatic heterocycles. The monoisotopic (exact) mass is 257 g/mol. The fraction of sp³-hybridized carbons (Fsp3) is 0.833. The van der Waals surface area contributed by atoms with Crippen molar-refractivity contribution in [3.63, 3.8) is 0 Å². The molecule has 104 valence electrons. The molecule has 2 N–H and O–H groups in total. The average molecular weight is 257 g/mol. The number of carbonyl (C=O) groups is 2. The van der Waals surface area contributed by atoms with Crippen LogP contribution in [-0.4, -0.2) is 53.2 Å². The largest absolute Gasteiger partial charge is 0.481 e. The normalized spacial score (nSPS) is 18.1. The quantitative estimate of drug-likeness (QED) is 0.774. The summed E-state index contributed by atoms with van der Waals surface area (Å²) in [6.07, 6.45) is 3.40. The summed E-state index contributed by atoms with van der Waals surface area (Å²) in [6, 6.07) is -0.201. The van der Waals surface area contributed by atoms with E-state index >= 15 is 0 Å². The Kier molecular flexibility index (Phi) is 5.91. The third-order valence-corrected chi connectivity index (χ3v) is 3.19. The van der Waals surface area contributed by atoms with E-state index in [1.807, 2.05) is 11.9 Å². The average Bonchev–Trinajstić information content (AvgIpc) is 2.36. The fourth-order valence-electron chi connectivity index (χ4n) is 1.98. The van der Waals surface area contributed by atoms with E-state index in [9.17, 15) is 9.59 Å². The van der Waals surface area contributed by atoms with Gasteiger partial charge >= 0.3 is 12.0 Å². The second kappa shape index (κ2) is 7.20. The zero-order chi connectivity index (χ0) is 13.5. The molecule has 1 unspecified atom stereocenters. The van der Waals surface area contributed by atoms with Gasteiger partial charge in [-0.25, -0.2) is 9.80 Å². The Morgan fingerprint density at radius 3 is 2.44 bits per heavy atom. The first-order chi connectivity index (χ1) is 8.54. The van der Waals surface area contributed by atoms with Crippen molar-refractivity contribution in [2.75, 3.05) is 26.2 Å². The first kappa shape index (κ1) is 14.8. The van der Waals surface area contributed by atoms with Gasteiger partial charge in [0.15, 0.2) is 0 Å². The third kappa shape index (κ3) is 4.52. The van der Waals surface area contributed by atoms with Crippen molar-refractivity contribution in [1.29, 1.82) is 0 Å². The molecule has 1 rings (SSSR count). The van der Waals surface area contributed by atoms with Crippen molar-refractivity contribution in [2.24, 2.45) is 5.92 Å². The molecule has 1 aliphatic rings. The SMILES string of the molecule is CCN(CC(C)C(=O)O)C(=O)NN1CCCCC1. The second-order valence-electron chi connectivity index (χ2n) is 4.74. The summed E-state index contributed by atoms with van der Waals surface area (Å²) in [6.45, 7) is 5.96. The highest BCUT2D eigenvalue weighted by molar-refractivity contribution is 5.75. The number of carboxylic acid groups (broad SMARTS) is 1. The number of urea groups is 1. The van der Waals surface area contributed by atoms with Crippen molar-refractivity contribution in [3.8, 4) is 0 Å². The van der Waals surface area contributed by atoms with Gasteiger partial charge in [0.2, 0.25) is 0 Å². The lowest BCUT2D eigenvalue weighted by atomic mass is 10.1. The molecule has 0 aromatic rings. The predicted molar refractivity (Wildman–Crippen MR) is 68.0 cm³/mol. The van der Waals surface area contributed by atoms with Gasteiger partial charge in [-0.2, -0.15) is 0 Å². The second-order valence-corrected chi connectivity index (χ2v) is 4.74. The molecule has 1 aliphatic heterocycles. The lowest BCUT2D eigenvalue weighted by molar-refractivity contribution is -0.141. The van der Waals surface area contributed by atoms with Crippen LogP contribution in [0.4, 0.5) is 4.79 Å². The minimum Gasteiger partial charge on any atom is -0.481 e. The first-order valence-electron chi connectivity index (χ1n) is 6.58. The van der Waals surface area contributed by atoms with Crippen molar-refractivity contribution in [1.82, 2.24) is 15.3 Å². The molecule has 1 heterocycles. The standard InChI is InChI=1S/C12H23N3O3/c1-3-14(9-10(2)11(16)17)12(18)13-15-7-5-4-6-8-15/h10H,3-9H2,1-2H3,(H,13,18)(H,16,17). The van der Waals surface area contributed by atoms with Gasteiger partial charge in [0.25, 0.3) is 0 Å². The van der Waals surface area contributed by atoms with Gasteiger partial charge in [0.05, 0.1) is 5.92 Å². The number of carbonyl (C=O) groups excluding carboxylic acids is 1. The lowest BCUT2D eigenvalue weighted by Crippen LogP contribution is -2.51. The number of hydrogen-bond donors (Lipinski definition) is 2. The summed E-state index contributed by atoms with van der Waals surface area (Å²) >= 11 is 0. The van der Waals surface area contributed by atoms with Crippen molar-refractivity contribution < 1.29 is 14.7 Å². The molecule has 6 heteroatoms. The third-order valence-electron chi connectivity index (χ3n) is 3.19. The van der Waals surface area contributed by atoms with Gasteiger partial charge in [-0.3, -0.25) is 10.2 Å². The van der Waals surface area contributed by atoms with E-state index < -0.39 is 11.9 Å². The minimum absolute atomic E-state index is 0.201. The van der Waals surface area contributed by atoms with Crippen LogP contribution >= 0.6 is 0 Å². The zero-order valence-electron chi connectivity index (χ0n) is 11.2. The van der Waals surface area contributed by atoms with E-state index in [2.05, 4.69) is 5.43 Å². The van der Waals surface area contributed by atoms with Crippen LogP contribution < -0.4 is 5.43 Å². The minimum atomic E-state index is -0.876. The van der Waals surface area contributed by atoms with Crippen molar-refractivity contribution >= 4 is 12.0 Å². The smallest absolute Gasteiger partial charge is 0.331 e. The Hall–Kier alpha value is -1.30. The Morgan fingerprint density at radius 1 is 1.33 bits per heavy atom. The molecule has 0 saturated carbocycles. The zero-order valence-corrected chi connectivity index (χ0v) is 11.2. The number of amides is 2. The van der Waals surface area contributed by atoms with E-state index in [1.165, 1.54) is 11.3 Å². The van der Waals surface area contributed by atoms with Gasteiger partial charge in [0.1, 0.15) is 0 Å². The van der Waals surface area contributed by atoms with Crippen LogP contribution in [0.2, 0.25) is 0 Å². The van der Waals surface area contributed by atoms with E-state index in [0.717, 1.165) is 25.9 Å². The van der Waals surface area contributed by atoms with Crippen LogP contribution in [0.3, 0.4) is 0 Å². The number of nitrogens with zero attached hydrogens (tertiary/aromatic N) is 2. The van der Waals surface area contributed by atoms with Crippen LogP contribution in [0.15, 0.2) is 0 Å². The highest BCUT2D eigenvalue weighted by Gasteiger charge is 2.21. The van der Waals surface area contributed by atoms with E-state index in [-0.39, 0.29) is 12.6 Å². The number of hydrazine groups is 1. The van der Waals surface area contributed by atoms with Crippen LogP contribution in [0.5, 0.6) is 0 Å². The summed E-state index contributed by atoms with van der Waals surface area (Å²) in [5, 5.41) is 10.8. The Bertz CT molecular complexity index is 290. The van der Waals surface area contributed by atoms with Crippen LogP contribution in [-0.2, 0) is 4.79 Å². The molecule has 2 amide bonds. The Balaban J connectivity index is 2.43. The van der Waals surface area contributed by atoms with Gasteiger partial charge < -0.3 is 10.0 Å². The Morgan fingerprint density at radius 2 is 1.94 bits per heavy atom. The highest BCUT2D eigenvalue weighted by atomic mass is 16.4. The van der Waals surface area contributed by atoms with Crippen molar-refractivity contribution in [3.05, 3.63) is 0 Å². The molecule has 0 spiro atoms. The summed E-state index contributed by atoms with van der Waals surface area (Å²) in [7, 11) is 0. The molecule has 1 atom stereocenters. The summed E-state index contributed by atoms with van der Waals surface area (Å²) in [4.78, 5) is 24.3. The van der Waals surface area contributed by atoms with Gasteiger partial charge in [-0.05, 0) is 19.8 Å². The van der Waals surface area contributed by atoms with E-state index in [4.69, 9.17) is 5.11 Å². The fourth-order valence-corrected chi connectivity index (χ4v) is 1.98. The van der Waals surface area contributed by atoms with Crippen LogP contribution in [0, 0.1) is 5.92 Å². The maximum atomic E-state index is 12.0. The van der Waals surface area contributed by atoms with Gasteiger partial charge in [0, 0.05) is 26.2 Å². The number of hydrogen-bond acceptors (Lipinski definition) is 3. The van der Waals surface area contributed by atoms with E-state index in [1.54, 1.807) is 6.92 Å². The topological polar surface area (TPSA) is 72.9 Å². The lowest BCUT2D eigenvalue weighted by Gasteiger charge is -2.30. The molecule has 0 aromatic carbocycles. The first-order valence-corrected chi connectivity index (χ1v) is 6.58. The van der Waals surface area contributed by atoms with Gasteiger partial charge in [-0.15, -0.1) is 0 Å². The molecular weight excluding hydrogens is 234 g/mol. The molecule has 1 saturated heterocycles. The molecule has 0 radical (unpaired) electrons. The molecule has 18 heavy (non-hydrogen) atoms. The van der Waals surface area contributed by atoms with Crippen LogP contribution in [0.25, 0.3) is 0 Å². The number of rotatable bonds is 5. The summed E-state index contributed by atoms with van der Waals surface area (Å²) in [5.74, 6) is -1.42. The number of nitrogens with one attached hydrogen (secondary N) is 1. The van der Waals surface area contributed by atoms with Crippen LogP contribution in [0.1, 0.15) is 33.1 Å². The maximum absolute atomic E-state index is 12.0. The van der Waals surface area contributed by atoms with Crippen molar-refractivity contribution in [2.45, 2.75) is 33.1 Å². The highest BCUT2D eigenvalue weighted by Crippen LogP contribution is 2.07. The Labute approximate surface area is 108 Å². The molecular formula is C12H23N3O3. The summed E-state index contributed by atoms with van der Waals surface area (Å²) < 4.78 is 0. The molecule has 6 nitrogen and oxygen atoms in total. The van der Waals surface area contributed by atoms with E-state index in [0.29, 0.717) is 6.54 Å². The van der Waals surface area contributed by atoms with Gasteiger partial charge in [-0.1, -0.05) is 13.3 Å². The molecule has 0 bridgehead atoms. The molecule has 0 aliphatic carbocycles. The molecule has 1 fully saturated rings. The predicted octanol–water partition coefficient (Wildman–Crippen LogP) is 1.14. The number of piperidine rings is 1.